The number of amides is 1. The fraction of sp³-hybridized carbons (Fsp3) is 0.179. The summed E-state index contributed by atoms with van der Waals surface area (Å²) in [6.45, 7) is 1.73. The Morgan fingerprint density at radius 2 is 1.86 bits per heavy atom. The number of nitrogens with two attached hydrogens (primary N) is 1. The zero-order valence-corrected chi connectivity index (χ0v) is 21.3. The van der Waals surface area contributed by atoms with E-state index < -0.39 is 5.91 Å². The average Bonchev–Trinajstić information content (AvgIpc) is 2.85. The highest BCUT2D eigenvalue weighted by molar-refractivity contribution is 6.30. The maximum Gasteiger partial charge on any atom is 0.241 e. The fourth-order valence-electron chi connectivity index (χ4n) is 3.89. The molecule has 0 unspecified atom stereocenters. The summed E-state index contributed by atoms with van der Waals surface area (Å²) in [4.78, 5) is 25.0. The standard InChI is InChI=1S/C28H29ClN6O/c1-34(2)14-15-35(3)25-12-11-23(17-20(25)10-13-26(30)36)32-28-31-18-21-7-5-9-24(27(21)33-28)19-6-4-8-22(29)16-19/h4-13,16-18H,14-15H2,1-3H3,(H2,30,36)(H,31,32,33). The summed E-state index contributed by atoms with van der Waals surface area (Å²) in [5.41, 5.74) is 10.8. The lowest BCUT2D eigenvalue weighted by molar-refractivity contribution is -0.113. The monoisotopic (exact) mass is 500 g/mol. The van der Waals surface area contributed by atoms with E-state index in [1.54, 1.807) is 12.3 Å². The van der Waals surface area contributed by atoms with Crippen LogP contribution in [0.1, 0.15) is 5.56 Å². The van der Waals surface area contributed by atoms with Gasteiger partial charge < -0.3 is 20.9 Å². The molecule has 3 N–H and O–H groups in total. The Morgan fingerprint density at radius 3 is 2.61 bits per heavy atom. The minimum Gasteiger partial charge on any atom is -0.373 e. The zero-order valence-electron chi connectivity index (χ0n) is 20.6. The van der Waals surface area contributed by atoms with Crippen LogP contribution < -0.4 is 16.0 Å². The number of halogens is 1. The summed E-state index contributed by atoms with van der Waals surface area (Å²) >= 11 is 6.23. The molecule has 0 saturated carbocycles. The molecule has 7 nitrogen and oxygen atoms in total. The molecule has 0 radical (unpaired) electrons. The summed E-state index contributed by atoms with van der Waals surface area (Å²) in [5, 5.41) is 4.91. The molecule has 1 aromatic heterocycles. The first kappa shape index (κ1) is 25.2. The summed E-state index contributed by atoms with van der Waals surface area (Å²) in [6.07, 6.45) is 4.90. The Labute approximate surface area is 216 Å². The zero-order chi connectivity index (χ0) is 25.7. The summed E-state index contributed by atoms with van der Waals surface area (Å²) < 4.78 is 0. The van der Waals surface area contributed by atoms with Gasteiger partial charge in [-0.25, -0.2) is 9.97 Å². The molecule has 4 aromatic rings. The molecule has 0 spiro atoms. The van der Waals surface area contributed by atoms with Crippen LogP contribution >= 0.6 is 11.6 Å². The molecule has 8 heteroatoms. The van der Waals surface area contributed by atoms with E-state index in [1.165, 1.54) is 6.08 Å². The Bertz CT molecular complexity index is 1420. The van der Waals surface area contributed by atoms with Crippen LogP contribution in [0.5, 0.6) is 0 Å². The van der Waals surface area contributed by atoms with E-state index in [2.05, 4.69) is 20.1 Å². The highest BCUT2D eigenvalue weighted by Gasteiger charge is 2.11. The van der Waals surface area contributed by atoms with Crippen molar-refractivity contribution in [3.63, 3.8) is 0 Å². The van der Waals surface area contributed by atoms with Crippen molar-refractivity contribution in [2.24, 2.45) is 5.73 Å². The summed E-state index contributed by atoms with van der Waals surface area (Å²) in [6, 6.07) is 19.6. The van der Waals surface area contributed by atoms with Crippen molar-refractivity contribution in [1.29, 1.82) is 0 Å². The molecule has 0 saturated heterocycles. The van der Waals surface area contributed by atoms with Crippen LogP contribution in [0.2, 0.25) is 5.02 Å². The summed E-state index contributed by atoms with van der Waals surface area (Å²) in [5.74, 6) is -0.0304. The number of anilines is 3. The molecular weight excluding hydrogens is 472 g/mol. The van der Waals surface area contributed by atoms with Gasteiger partial charge in [-0.1, -0.05) is 41.9 Å². The molecule has 0 aliphatic heterocycles. The minimum absolute atomic E-state index is 0.468. The molecule has 0 atom stereocenters. The van der Waals surface area contributed by atoms with Gasteiger partial charge in [0.2, 0.25) is 11.9 Å². The van der Waals surface area contributed by atoms with E-state index >= 15 is 0 Å². The first-order valence-corrected chi connectivity index (χ1v) is 11.9. The quantitative estimate of drug-likeness (QED) is 0.307. The van der Waals surface area contributed by atoms with Crippen molar-refractivity contribution < 1.29 is 4.79 Å². The topological polar surface area (TPSA) is 87.4 Å². The maximum atomic E-state index is 11.4. The third-order valence-electron chi connectivity index (χ3n) is 5.75. The number of carbonyl (C=O) groups excluding carboxylic acids is 1. The van der Waals surface area contributed by atoms with Gasteiger partial charge >= 0.3 is 0 Å². The third-order valence-corrected chi connectivity index (χ3v) is 5.99. The second-order valence-electron chi connectivity index (χ2n) is 8.81. The lowest BCUT2D eigenvalue weighted by atomic mass is 10.0. The lowest BCUT2D eigenvalue weighted by Gasteiger charge is -2.24. The van der Waals surface area contributed by atoms with Gasteiger partial charge in [-0.15, -0.1) is 0 Å². The predicted molar refractivity (Wildman–Crippen MR) is 150 cm³/mol. The van der Waals surface area contributed by atoms with Gasteiger partial charge in [-0.2, -0.15) is 0 Å². The predicted octanol–water partition coefficient (Wildman–Crippen LogP) is 5.19. The van der Waals surface area contributed by atoms with Crippen molar-refractivity contribution in [1.82, 2.24) is 14.9 Å². The molecule has 1 heterocycles. The van der Waals surface area contributed by atoms with E-state index in [0.717, 1.165) is 52.1 Å². The molecule has 1 amide bonds. The third kappa shape index (κ3) is 6.19. The first-order valence-electron chi connectivity index (χ1n) is 11.6. The Kier molecular flexibility index (Phi) is 7.83. The van der Waals surface area contributed by atoms with Gasteiger partial charge in [0.25, 0.3) is 0 Å². The molecule has 0 aliphatic carbocycles. The smallest absolute Gasteiger partial charge is 0.241 e. The van der Waals surface area contributed by atoms with Gasteiger partial charge in [-0.3, -0.25) is 4.79 Å². The molecule has 0 aliphatic rings. The number of nitrogens with zero attached hydrogens (tertiary/aromatic N) is 4. The second kappa shape index (κ2) is 11.2. The SMILES string of the molecule is CN(C)CCN(C)c1ccc(Nc2ncc3cccc(-c4cccc(Cl)c4)c3n2)cc1C=CC(N)=O. The van der Waals surface area contributed by atoms with Crippen LogP contribution in [-0.4, -0.2) is 55.0 Å². The number of aromatic nitrogens is 2. The number of benzene rings is 3. The van der Waals surface area contributed by atoms with Gasteiger partial charge in [-0.05, 0) is 56.1 Å². The van der Waals surface area contributed by atoms with E-state index in [-0.39, 0.29) is 0 Å². The van der Waals surface area contributed by atoms with Crippen molar-refractivity contribution in [3.05, 3.63) is 83.5 Å². The molecule has 0 fully saturated rings. The van der Waals surface area contributed by atoms with E-state index in [0.29, 0.717) is 11.0 Å². The largest absolute Gasteiger partial charge is 0.373 e. The number of hydrogen-bond donors (Lipinski definition) is 2. The Balaban J connectivity index is 1.68. The van der Waals surface area contributed by atoms with Crippen LogP contribution in [0, 0.1) is 0 Å². The highest BCUT2D eigenvalue weighted by atomic mass is 35.5. The number of nitrogens with one attached hydrogen (secondary N) is 1. The first-order chi connectivity index (χ1) is 17.3. The van der Waals surface area contributed by atoms with Crippen molar-refractivity contribution in [2.45, 2.75) is 0 Å². The highest BCUT2D eigenvalue weighted by Crippen LogP contribution is 2.30. The Hall–Kier alpha value is -3.94. The van der Waals surface area contributed by atoms with Gasteiger partial charge in [0, 0.05) is 65.3 Å². The van der Waals surface area contributed by atoms with E-state index in [9.17, 15) is 4.79 Å². The number of hydrogen-bond acceptors (Lipinski definition) is 6. The lowest BCUT2D eigenvalue weighted by Crippen LogP contribution is -2.28. The molecule has 3 aromatic carbocycles. The van der Waals surface area contributed by atoms with Crippen molar-refractivity contribution >= 4 is 51.8 Å². The Morgan fingerprint density at radius 1 is 1.06 bits per heavy atom. The second-order valence-corrected chi connectivity index (χ2v) is 9.24. The van der Waals surface area contributed by atoms with Gasteiger partial charge in [0.05, 0.1) is 5.52 Å². The van der Waals surface area contributed by atoms with Crippen LogP contribution in [0.25, 0.3) is 28.1 Å². The number of likely N-dealkylation sites (N-methyl/N-ethyl adjacent to an activating group) is 2. The molecule has 36 heavy (non-hydrogen) atoms. The van der Waals surface area contributed by atoms with Crippen LogP contribution in [0.3, 0.4) is 0 Å². The molecule has 4 rings (SSSR count). The minimum atomic E-state index is -0.498. The van der Waals surface area contributed by atoms with Crippen molar-refractivity contribution in [3.8, 4) is 11.1 Å². The molecular formula is C28H29ClN6O. The maximum absolute atomic E-state index is 11.4. The van der Waals surface area contributed by atoms with E-state index in [1.807, 2.05) is 81.8 Å². The molecule has 0 bridgehead atoms. The number of para-hydroxylation sites is 1. The van der Waals surface area contributed by atoms with Crippen LogP contribution in [0.15, 0.2) is 72.9 Å². The number of carbonyl (C=O) groups is 1. The fourth-order valence-corrected chi connectivity index (χ4v) is 4.08. The summed E-state index contributed by atoms with van der Waals surface area (Å²) in [7, 11) is 6.10. The van der Waals surface area contributed by atoms with Gasteiger partial charge in [0.15, 0.2) is 0 Å². The normalized spacial score (nSPS) is 11.4. The van der Waals surface area contributed by atoms with Crippen LogP contribution in [-0.2, 0) is 4.79 Å². The number of fused-ring (bicyclic) bond motifs is 1. The number of rotatable bonds is 9. The van der Waals surface area contributed by atoms with Crippen LogP contribution in [0.4, 0.5) is 17.3 Å². The van der Waals surface area contributed by atoms with Crippen molar-refractivity contribution in [2.75, 3.05) is 44.4 Å². The average molecular weight is 501 g/mol. The van der Waals surface area contributed by atoms with Gasteiger partial charge in [0.1, 0.15) is 0 Å². The molecule has 184 valence electrons. The number of primary amides is 1. The van der Waals surface area contributed by atoms with E-state index in [4.69, 9.17) is 22.3 Å².